The number of hydrogen-bond acceptors (Lipinski definition) is 6. The van der Waals surface area contributed by atoms with Crippen molar-refractivity contribution in [1.29, 1.82) is 0 Å². The lowest BCUT2D eigenvalue weighted by atomic mass is 10.2. The molecule has 30 heavy (non-hydrogen) atoms. The first-order chi connectivity index (χ1) is 14.7. The number of hydrogen-bond donors (Lipinski definition) is 0. The Hall–Kier alpha value is -2.91. The Labute approximate surface area is 175 Å². The molecule has 0 spiro atoms. The van der Waals surface area contributed by atoms with E-state index in [1.54, 1.807) is 18.2 Å². The van der Waals surface area contributed by atoms with E-state index >= 15 is 0 Å². The first kappa shape index (κ1) is 19.1. The van der Waals surface area contributed by atoms with Gasteiger partial charge in [-0.15, -0.1) is 10.2 Å². The molecule has 0 aliphatic carbocycles. The Kier molecular flexibility index (Phi) is 5.14. The smallest absolute Gasteiger partial charge is 0.197 e. The third kappa shape index (κ3) is 3.78. The lowest BCUT2D eigenvalue weighted by Gasteiger charge is -2.15. The Morgan fingerprint density at radius 1 is 1.03 bits per heavy atom. The zero-order valence-corrected chi connectivity index (χ0v) is 16.6. The van der Waals surface area contributed by atoms with Crippen molar-refractivity contribution >= 4 is 22.7 Å². The Bertz CT molecular complexity index is 1190. The third-order valence-electron chi connectivity index (χ3n) is 4.98. The molecule has 152 valence electrons. The van der Waals surface area contributed by atoms with Crippen LogP contribution in [0, 0.1) is 11.6 Å². The van der Waals surface area contributed by atoms with Crippen LogP contribution < -0.4 is 0 Å². The van der Waals surface area contributed by atoms with Gasteiger partial charge < -0.3 is 4.74 Å². The second-order valence-electron chi connectivity index (χ2n) is 7.00. The highest BCUT2D eigenvalue weighted by molar-refractivity contribution is 7.99. The molecule has 9 heteroatoms. The van der Waals surface area contributed by atoms with E-state index in [-0.39, 0.29) is 17.7 Å². The zero-order valence-electron chi connectivity index (χ0n) is 15.8. The maximum Gasteiger partial charge on any atom is 0.197 e. The fourth-order valence-corrected chi connectivity index (χ4v) is 4.41. The van der Waals surface area contributed by atoms with Crippen LogP contribution >= 0.6 is 11.8 Å². The number of benzene rings is 2. The van der Waals surface area contributed by atoms with Gasteiger partial charge in [0.1, 0.15) is 23.0 Å². The van der Waals surface area contributed by atoms with Crippen LogP contribution in [0.5, 0.6) is 0 Å². The number of nitrogens with zero attached hydrogens (tertiary/aromatic N) is 5. The maximum atomic E-state index is 13.8. The van der Waals surface area contributed by atoms with Gasteiger partial charge in [-0.1, -0.05) is 0 Å². The van der Waals surface area contributed by atoms with Gasteiger partial charge in [0, 0.05) is 17.6 Å². The highest BCUT2D eigenvalue weighted by Gasteiger charge is 2.23. The van der Waals surface area contributed by atoms with E-state index in [2.05, 4.69) is 20.2 Å². The quantitative estimate of drug-likeness (QED) is 0.439. The summed E-state index contributed by atoms with van der Waals surface area (Å²) in [6, 6.07) is 10.6. The molecule has 1 aliphatic heterocycles. The highest BCUT2D eigenvalue weighted by atomic mass is 32.2. The van der Waals surface area contributed by atoms with E-state index in [9.17, 15) is 8.78 Å². The summed E-state index contributed by atoms with van der Waals surface area (Å²) in [7, 11) is 0. The molecular formula is C21H17F2N5OS. The summed E-state index contributed by atoms with van der Waals surface area (Å²) in [4.78, 5) is 8.53. The van der Waals surface area contributed by atoms with Gasteiger partial charge in [0.2, 0.25) is 0 Å². The topological polar surface area (TPSA) is 65.7 Å². The number of halogens is 2. The van der Waals surface area contributed by atoms with Crippen molar-refractivity contribution in [3.8, 4) is 11.4 Å². The summed E-state index contributed by atoms with van der Waals surface area (Å²) in [5, 5.41) is 10.5. The van der Waals surface area contributed by atoms with E-state index in [4.69, 9.17) is 4.74 Å². The van der Waals surface area contributed by atoms with Crippen LogP contribution in [0.4, 0.5) is 8.78 Å². The van der Waals surface area contributed by atoms with Crippen LogP contribution in [0.15, 0.2) is 59.0 Å². The highest BCUT2D eigenvalue weighted by Crippen LogP contribution is 2.33. The minimum Gasteiger partial charge on any atom is -0.376 e. The second kappa shape index (κ2) is 8.08. The summed E-state index contributed by atoms with van der Waals surface area (Å²) >= 11 is 1.30. The van der Waals surface area contributed by atoms with Crippen molar-refractivity contribution in [2.24, 2.45) is 0 Å². The lowest BCUT2D eigenvalue weighted by Crippen LogP contribution is -2.16. The van der Waals surface area contributed by atoms with Crippen LogP contribution in [-0.4, -0.2) is 37.4 Å². The van der Waals surface area contributed by atoms with Crippen LogP contribution in [0.25, 0.3) is 22.3 Å². The fourth-order valence-electron chi connectivity index (χ4n) is 3.51. The Morgan fingerprint density at radius 2 is 1.87 bits per heavy atom. The third-order valence-corrected chi connectivity index (χ3v) is 5.98. The molecule has 4 aromatic rings. The summed E-state index contributed by atoms with van der Waals surface area (Å²) in [6.45, 7) is 1.30. The van der Waals surface area contributed by atoms with E-state index in [0.29, 0.717) is 33.5 Å². The Balaban J connectivity index is 1.56. The van der Waals surface area contributed by atoms with Crippen molar-refractivity contribution in [3.05, 3.63) is 60.4 Å². The molecule has 0 radical (unpaired) electrons. The SMILES string of the molecule is Fc1ccc(-c2nnc(Sc3ncnc4ccc(F)cc34)n2CC2CCCO2)cc1. The predicted octanol–water partition coefficient (Wildman–Crippen LogP) is 4.50. The van der Waals surface area contributed by atoms with Gasteiger partial charge in [0.05, 0.1) is 18.2 Å². The van der Waals surface area contributed by atoms with E-state index in [1.807, 2.05) is 4.57 Å². The van der Waals surface area contributed by atoms with Gasteiger partial charge >= 0.3 is 0 Å². The molecule has 1 saturated heterocycles. The van der Waals surface area contributed by atoms with Crippen LogP contribution in [-0.2, 0) is 11.3 Å². The molecule has 2 aromatic carbocycles. The summed E-state index contributed by atoms with van der Waals surface area (Å²) in [5.41, 5.74) is 1.41. The van der Waals surface area contributed by atoms with Gasteiger partial charge in [-0.05, 0) is 67.1 Å². The molecule has 1 fully saturated rings. The van der Waals surface area contributed by atoms with Crippen LogP contribution in [0.2, 0.25) is 0 Å². The van der Waals surface area contributed by atoms with Crippen molar-refractivity contribution in [1.82, 2.24) is 24.7 Å². The average molecular weight is 425 g/mol. The molecule has 3 heterocycles. The van der Waals surface area contributed by atoms with E-state index in [1.165, 1.54) is 42.4 Å². The van der Waals surface area contributed by atoms with Gasteiger partial charge in [-0.3, -0.25) is 4.57 Å². The number of ether oxygens (including phenoxy) is 1. The molecule has 0 amide bonds. The van der Waals surface area contributed by atoms with Crippen LogP contribution in [0.3, 0.4) is 0 Å². The summed E-state index contributed by atoms with van der Waals surface area (Å²) in [6.07, 6.45) is 3.47. The van der Waals surface area contributed by atoms with Crippen molar-refractivity contribution in [2.45, 2.75) is 35.7 Å². The molecule has 1 unspecified atom stereocenters. The predicted molar refractivity (Wildman–Crippen MR) is 108 cm³/mol. The summed E-state index contributed by atoms with van der Waals surface area (Å²) < 4.78 is 35.0. The molecule has 1 aliphatic rings. The molecule has 1 atom stereocenters. The molecule has 5 rings (SSSR count). The standard InChI is InChI=1S/C21H17F2N5OS/c22-14-5-3-13(4-6-14)19-26-27-21(28(19)11-16-2-1-9-29-16)30-20-17-10-15(23)7-8-18(17)24-12-25-20/h3-8,10,12,16H,1-2,9,11H2. The second-order valence-corrected chi connectivity index (χ2v) is 7.96. The monoisotopic (exact) mass is 425 g/mol. The molecule has 6 nitrogen and oxygen atoms in total. The largest absolute Gasteiger partial charge is 0.376 e. The average Bonchev–Trinajstić information content (AvgIpc) is 3.40. The summed E-state index contributed by atoms with van der Waals surface area (Å²) in [5.74, 6) is -0.0439. The van der Waals surface area contributed by atoms with Gasteiger partial charge in [-0.2, -0.15) is 0 Å². The minimum absolute atomic E-state index is 0.0548. The number of fused-ring (bicyclic) bond motifs is 1. The molecular weight excluding hydrogens is 408 g/mol. The van der Waals surface area contributed by atoms with Gasteiger partial charge in [0.25, 0.3) is 0 Å². The van der Waals surface area contributed by atoms with E-state index in [0.717, 1.165) is 25.0 Å². The maximum absolute atomic E-state index is 13.8. The van der Waals surface area contributed by atoms with Gasteiger partial charge in [-0.25, -0.2) is 18.7 Å². The number of rotatable bonds is 5. The van der Waals surface area contributed by atoms with Gasteiger partial charge in [0.15, 0.2) is 11.0 Å². The van der Waals surface area contributed by atoms with Crippen molar-refractivity contribution in [3.63, 3.8) is 0 Å². The number of aromatic nitrogens is 5. The van der Waals surface area contributed by atoms with E-state index < -0.39 is 0 Å². The molecule has 0 N–H and O–H groups in total. The molecule has 0 saturated carbocycles. The molecule has 2 aromatic heterocycles. The first-order valence-electron chi connectivity index (χ1n) is 9.56. The normalized spacial score (nSPS) is 16.4. The fraction of sp³-hybridized carbons (Fsp3) is 0.238. The minimum atomic E-state index is -0.355. The van der Waals surface area contributed by atoms with Crippen molar-refractivity contribution < 1.29 is 13.5 Å². The van der Waals surface area contributed by atoms with Crippen molar-refractivity contribution in [2.75, 3.05) is 6.61 Å². The molecule has 0 bridgehead atoms. The first-order valence-corrected chi connectivity index (χ1v) is 10.4. The lowest BCUT2D eigenvalue weighted by molar-refractivity contribution is 0.0953. The zero-order chi connectivity index (χ0) is 20.5. The Morgan fingerprint density at radius 3 is 2.67 bits per heavy atom. The van der Waals surface area contributed by atoms with Crippen LogP contribution in [0.1, 0.15) is 12.8 Å².